The Morgan fingerprint density at radius 1 is 1.05 bits per heavy atom. The smallest absolute Gasteiger partial charge is 0.162 e. The van der Waals surface area contributed by atoms with E-state index in [4.69, 9.17) is 9.47 Å². The zero-order valence-electron chi connectivity index (χ0n) is 12.3. The monoisotopic (exact) mass is 271 g/mol. The molecule has 0 fully saturated rings. The van der Waals surface area contributed by atoms with Crippen LogP contribution in [0.15, 0.2) is 42.5 Å². The minimum Gasteiger partial charge on any atom is -0.493 e. The van der Waals surface area contributed by atoms with Crippen LogP contribution in [0.5, 0.6) is 11.5 Å². The van der Waals surface area contributed by atoms with Gasteiger partial charge >= 0.3 is 0 Å². The van der Waals surface area contributed by atoms with Crippen molar-refractivity contribution in [2.75, 3.05) is 19.0 Å². The van der Waals surface area contributed by atoms with E-state index in [2.05, 4.69) is 36.5 Å². The molecule has 0 spiro atoms. The maximum absolute atomic E-state index is 5.51. The topological polar surface area (TPSA) is 30.5 Å². The first-order valence-corrected chi connectivity index (χ1v) is 6.83. The number of ether oxygens (including phenoxy) is 2. The molecule has 0 aliphatic carbocycles. The average Bonchev–Trinajstić information content (AvgIpc) is 2.46. The second kappa shape index (κ2) is 6.85. The van der Waals surface area contributed by atoms with Gasteiger partial charge in [0.2, 0.25) is 0 Å². The third-order valence-corrected chi connectivity index (χ3v) is 3.04. The number of hydrogen-bond donors (Lipinski definition) is 1. The summed E-state index contributed by atoms with van der Waals surface area (Å²) in [5, 5.41) is 3.40. The number of benzene rings is 2. The van der Waals surface area contributed by atoms with E-state index in [1.165, 1.54) is 11.1 Å². The predicted molar refractivity (Wildman–Crippen MR) is 82.7 cm³/mol. The van der Waals surface area contributed by atoms with Crippen LogP contribution < -0.4 is 14.8 Å². The minimum absolute atomic E-state index is 0.631. The van der Waals surface area contributed by atoms with Gasteiger partial charge in [0.1, 0.15) is 0 Å². The summed E-state index contributed by atoms with van der Waals surface area (Å²) in [7, 11) is 1.65. The highest BCUT2D eigenvalue weighted by atomic mass is 16.5. The van der Waals surface area contributed by atoms with Gasteiger partial charge in [-0.3, -0.25) is 0 Å². The Hall–Kier alpha value is -2.16. The van der Waals surface area contributed by atoms with E-state index >= 15 is 0 Å². The Labute approximate surface area is 120 Å². The lowest BCUT2D eigenvalue weighted by Crippen LogP contribution is -2.01. The summed E-state index contributed by atoms with van der Waals surface area (Å²) < 4.78 is 10.9. The van der Waals surface area contributed by atoms with Crippen molar-refractivity contribution in [3.8, 4) is 11.5 Å². The van der Waals surface area contributed by atoms with Gasteiger partial charge in [-0.25, -0.2) is 0 Å². The van der Waals surface area contributed by atoms with Gasteiger partial charge in [-0.15, -0.1) is 0 Å². The third-order valence-electron chi connectivity index (χ3n) is 3.04. The molecule has 0 saturated heterocycles. The van der Waals surface area contributed by atoms with Crippen molar-refractivity contribution in [1.82, 2.24) is 0 Å². The van der Waals surface area contributed by atoms with Crippen LogP contribution >= 0.6 is 0 Å². The van der Waals surface area contributed by atoms with Crippen molar-refractivity contribution in [3.05, 3.63) is 53.6 Å². The summed E-state index contributed by atoms with van der Waals surface area (Å²) >= 11 is 0. The van der Waals surface area contributed by atoms with Crippen molar-refractivity contribution in [3.63, 3.8) is 0 Å². The van der Waals surface area contributed by atoms with E-state index in [0.29, 0.717) is 6.61 Å². The van der Waals surface area contributed by atoms with Gasteiger partial charge < -0.3 is 14.8 Å². The lowest BCUT2D eigenvalue weighted by molar-refractivity contribution is 0.311. The molecule has 0 atom stereocenters. The number of nitrogens with one attached hydrogen (secondary N) is 1. The second-order valence-corrected chi connectivity index (χ2v) is 4.64. The van der Waals surface area contributed by atoms with Gasteiger partial charge in [0.25, 0.3) is 0 Å². The molecular formula is C17H21NO2. The first kappa shape index (κ1) is 14.3. The van der Waals surface area contributed by atoms with Crippen LogP contribution in [0.25, 0.3) is 0 Å². The maximum Gasteiger partial charge on any atom is 0.162 e. The van der Waals surface area contributed by atoms with Gasteiger partial charge in [-0.1, -0.05) is 29.8 Å². The van der Waals surface area contributed by atoms with E-state index < -0.39 is 0 Å². The van der Waals surface area contributed by atoms with E-state index in [1.54, 1.807) is 7.11 Å². The molecule has 0 aromatic heterocycles. The van der Waals surface area contributed by atoms with Crippen LogP contribution in [0, 0.1) is 6.92 Å². The maximum atomic E-state index is 5.51. The molecular weight excluding hydrogens is 250 g/mol. The molecule has 0 radical (unpaired) electrons. The normalized spacial score (nSPS) is 10.2. The molecule has 2 aromatic rings. The van der Waals surface area contributed by atoms with Crippen LogP contribution in [0.4, 0.5) is 5.69 Å². The molecule has 0 aliphatic rings. The summed E-state index contributed by atoms with van der Waals surface area (Å²) in [5.41, 5.74) is 3.55. The van der Waals surface area contributed by atoms with E-state index in [-0.39, 0.29) is 0 Å². The minimum atomic E-state index is 0.631. The first-order chi connectivity index (χ1) is 9.72. The zero-order valence-corrected chi connectivity index (χ0v) is 12.3. The van der Waals surface area contributed by atoms with Crippen molar-refractivity contribution in [2.45, 2.75) is 20.4 Å². The Kier molecular flexibility index (Phi) is 4.88. The second-order valence-electron chi connectivity index (χ2n) is 4.64. The van der Waals surface area contributed by atoms with Gasteiger partial charge in [-0.05, 0) is 31.5 Å². The summed E-state index contributed by atoms with van der Waals surface area (Å²) in [5.74, 6) is 1.53. The summed E-state index contributed by atoms with van der Waals surface area (Å²) in [6, 6.07) is 14.4. The van der Waals surface area contributed by atoms with Crippen molar-refractivity contribution in [1.29, 1.82) is 0 Å². The first-order valence-electron chi connectivity index (χ1n) is 6.83. The molecule has 1 N–H and O–H groups in total. The lowest BCUT2D eigenvalue weighted by atomic mass is 10.1. The highest BCUT2D eigenvalue weighted by Crippen LogP contribution is 2.30. The molecule has 2 aromatic carbocycles. The van der Waals surface area contributed by atoms with Crippen LogP contribution in [-0.4, -0.2) is 13.7 Å². The van der Waals surface area contributed by atoms with Crippen molar-refractivity contribution in [2.24, 2.45) is 0 Å². The fraction of sp³-hybridized carbons (Fsp3) is 0.294. The third kappa shape index (κ3) is 3.67. The Balaban J connectivity index is 2.06. The number of hydrogen-bond acceptors (Lipinski definition) is 3. The SMILES string of the molecule is CCOc1ccc(NCc2cccc(C)c2)cc1OC. The Morgan fingerprint density at radius 2 is 1.90 bits per heavy atom. The number of anilines is 1. The Morgan fingerprint density at radius 3 is 2.60 bits per heavy atom. The highest BCUT2D eigenvalue weighted by molar-refractivity contribution is 5.55. The molecule has 20 heavy (non-hydrogen) atoms. The Bertz CT molecular complexity index is 567. The lowest BCUT2D eigenvalue weighted by Gasteiger charge is -2.12. The number of rotatable bonds is 6. The molecule has 0 amide bonds. The molecule has 0 aliphatic heterocycles. The summed E-state index contributed by atoms with van der Waals surface area (Å²) in [4.78, 5) is 0. The van der Waals surface area contributed by atoms with E-state index in [1.807, 2.05) is 25.1 Å². The van der Waals surface area contributed by atoms with Gasteiger partial charge in [0.15, 0.2) is 11.5 Å². The van der Waals surface area contributed by atoms with Crippen LogP contribution in [0.3, 0.4) is 0 Å². The summed E-state index contributed by atoms with van der Waals surface area (Å²) in [6.45, 7) is 5.48. The molecule has 3 nitrogen and oxygen atoms in total. The highest BCUT2D eigenvalue weighted by Gasteiger charge is 2.05. The van der Waals surface area contributed by atoms with E-state index in [9.17, 15) is 0 Å². The fourth-order valence-corrected chi connectivity index (χ4v) is 2.08. The van der Waals surface area contributed by atoms with E-state index in [0.717, 1.165) is 23.7 Å². The number of aryl methyl sites for hydroxylation is 1. The van der Waals surface area contributed by atoms with Crippen LogP contribution in [-0.2, 0) is 6.54 Å². The van der Waals surface area contributed by atoms with Crippen LogP contribution in [0.2, 0.25) is 0 Å². The van der Waals surface area contributed by atoms with Crippen LogP contribution in [0.1, 0.15) is 18.1 Å². The van der Waals surface area contributed by atoms with Gasteiger partial charge in [-0.2, -0.15) is 0 Å². The molecule has 0 saturated carbocycles. The van der Waals surface area contributed by atoms with Crippen molar-refractivity contribution >= 4 is 5.69 Å². The summed E-state index contributed by atoms with van der Waals surface area (Å²) in [6.07, 6.45) is 0. The zero-order chi connectivity index (χ0) is 14.4. The van der Waals surface area contributed by atoms with Gasteiger partial charge in [0.05, 0.1) is 13.7 Å². The molecule has 2 rings (SSSR count). The molecule has 0 heterocycles. The van der Waals surface area contributed by atoms with Crippen molar-refractivity contribution < 1.29 is 9.47 Å². The van der Waals surface area contributed by atoms with Gasteiger partial charge in [0, 0.05) is 18.3 Å². The molecule has 0 bridgehead atoms. The molecule has 3 heteroatoms. The largest absolute Gasteiger partial charge is 0.493 e. The fourth-order valence-electron chi connectivity index (χ4n) is 2.08. The number of methoxy groups -OCH3 is 1. The average molecular weight is 271 g/mol. The standard InChI is InChI=1S/C17H21NO2/c1-4-20-16-9-8-15(11-17(16)19-3)18-12-14-7-5-6-13(2)10-14/h5-11,18H,4,12H2,1-3H3. The quantitative estimate of drug-likeness (QED) is 0.861. The molecule has 0 unspecified atom stereocenters. The molecule has 106 valence electrons. The predicted octanol–water partition coefficient (Wildman–Crippen LogP) is 4.01.